The first-order chi connectivity index (χ1) is 12.2. The number of ketones is 1. The lowest BCUT2D eigenvalue weighted by Gasteiger charge is -2.03. The van der Waals surface area contributed by atoms with Gasteiger partial charge in [-0.1, -0.05) is 30.3 Å². The van der Waals surface area contributed by atoms with E-state index in [4.69, 9.17) is 10.1 Å². The van der Waals surface area contributed by atoms with Gasteiger partial charge in [-0.3, -0.25) is 4.79 Å². The Morgan fingerprint density at radius 3 is 2.48 bits per heavy atom. The molecule has 0 atom stereocenters. The van der Waals surface area contributed by atoms with Crippen LogP contribution in [0.3, 0.4) is 0 Å². The van der Waals surface area contributed by atoms with Crippen LogP contribution in [0.15, 0.2) is 64.6 Å². The second-order valence-corrected chi connectivity index (χ2v) is 7.02. The van der Waals surface area contributed by atoms with Gasteiger partial charge in [0.05, 0.1) is 5.69 Å². The standard InChI is InChI=1S/C19H17N3O2S/c23-12-17(24)13-8-10-16(11-9-13)25-19-20-18(14-6-7-14)22(21-19)15-4-2-1-3-5-15/h1-5,8-11,14,23H,6-7,12H2. The summed E-state index contributed by atoms with van der Waals surface area (Å²) in [6, 6.07) is 17.2. The van der Waals surface area contributed by atoms with Gasteiger partial charge in [0.25, 0.3) is 0 Å². The highest BCUT2D eigenvalue weighted by atomic mass is 32.2. The molecule has 1 saturated carbocycles. The normalized spacial score (nSPS) is 13.8. The smallest absolute Gasteiger partial charge is 0.213 e. The van der Waals surface area contributed by atoms with Gasteiger partial charge < -0.3 is 5.11 Å². The Balaban J connectivity index is 1.60. The highest BCUT2D eigenvalue weighted by molar-refractivity contribution is 7.99. The van der Waals surface area contributed by atoms with Crippen LogP contribution >= 0.6 is 11.8 Å². The van der Waals surface area contributed by atoms with Gasteiger partial charge in [-0.2, -0.15) is 0 Å². The molecule has 4 rings (SSSR count). The van der Waals surface area contributed by atoms with Crippen molar-refractivity contribution in [1.29, 1.82) is 0 Å². The first-order valence-electron chi connectivity index (χ1n) is 8.19. The van der Waals surface area contributed by atoms with Gasteiger partial charge in [0.1, 0.15) is 12.4 Å². The van der Waals surface area contributed by atoms with Crippen molar-refractivity contribution in [2.45, 2.75) is 28.8 Å². The van der Waals surface area contributed by atoms with Gasteiger partial charge in [0, 0.05) is 16.4 Å². The zero-order valence-electron chi connectivity index (χ0n) is 13.5. The van der Waals surface area contributed by atoms with Gasteiger partial charge in [-0.05, 0) is 48.9 Å². The minimum Gasteiger partial charge on any atom is -0.388 e. The topological polar surface area (TPSA) is 68.0 Å². The molecule has 1 aromatic heterocycles. The molecule has 1 aliphatic carbocycles. The minimum absolute atomic E-state index is 0.279. The summed E-state index contributed by atoms with van der Waals surface area (Å²) in [4.78, 5) is 17.2. The molecule has 1 aliphatic rings. The average Bonchev–Trinajstić information content (AvgIpc) is 3.43. The van der Waals surface area contributed by atoms with E-state index in [2.05, 4.69) is 5.10 Å². The Bertz CT molecular complexity index is 887. The summed E-state index contributed by atoms with van der Waals surface area (Å²) in [7, 11) is 0. The van der Waals surface area contributed by atoms with E-state index in [0.717, 1.165) is 29.2 Å². The monoisotopic (exact) mass is 351 g/mol. The second-order valence-electron chi connectivity index (χ2n) is 5.98. The molecule has 1 fully saturated rings. The van der Waals surface area contributed by atoms with Gasteiger partial charge in [0.2, 0.25) is 5.16 Å². The highest BCUT2D eigenvalue weighted by Gasteiger charge is 2.30. The first-order valence-corrected chi connectivity index (χ1v) is 9.00. The molecule has 25 heavy (non-hydrogen) atoms. The fraction of sp³-hybridized carbons (Fsp3) is 0.211. The number of hydrogen-bond donors (Lipinski definition) is 1. The lowest BCUT2D eigenvalue weighted by atomic mass is 10.1. The van der Waals surface area contributed by atoms with E-state index in [1.165, 1.54) is 11.8 Å². The molecular formula is C19H17N3O2S. The highest BCUT2D eigenvalue weighted by Crippen LogP contribution is 2.41. The van der Waals surface area contributed by atoms with Crippen LogP contribution in [0.2, 0.25) is 0 Å². The summed E-state index contributed by atoms with van der Waals surface area (Å²) < 4.78 is 1.93. The van der Waals surface area contributed by atoms with Crippen LogP contribution in [0, 0.1) is 0 Å². The van der Waals surface area contributed by atoms with E-state index >= 15 is 0 Å². The Kier molecular flexibility index (Phi) is 4.38. The molecule has 126 valence electrons. The van der Waals surface area contributed by atoms with E-state index in [0.29, 0.717) is 16.6 Å². The van der Waals surface area contributed by atoms with E-state index in [-0.39, 0.29) is 5.78 Å². The number of benzene rings is 2. The molecule has 1 N–H and O–H groups in total. The molecule has 5 nitrogen and oxygen atoms in total. The first kappa shape index (κ1) is 16.1. The van der Waals surface area contributed by atoms with Gasteiger partial charge in [-0.15, -0.1) is 5.10 Å². The summed E-state index contributed by atoms with van der Waals surface area (Å²) in [6.07, 6.45) is 2.32. The zero-order valence-corrected chi connectivity index (χ0v) is 14.3. The van der Waals surface area contributed by atoms with Crippen molar-refractivity contribution in [3.8, 4) is 5.69 Å². The molecule has 0 spiro atoms. The zero-order chi connectivity index (χ0) is 17.2. The summed E-state index contributed by atoms with van der Waals surface area (Å²) in [5, 5.41) is 14.3. The lowest BCUT2D eigenvalue weighted by molar-refractivity contribution is 0.0903. The van der Waals surface area contributed by atoms with Crippen molar-refractivity contribution >= 4 is 17.5 Å². The maximum absolute atomic E-state index is 11.5. The van der Waals surface area contributed by atoms with E-state index in [9.17, 15) is 4.79 Å². The Morgan fingerprint density at radius 1 is 1.12 bits per heavy atom. The number of aliphatic hydroxyl groups is 1. The third-order valence-electron chi connectivity index (χ3n) is 4.09. The summed E-state index contributed by atoms with van der Waals surface area (Å²) in [5.74, 6) is 1.23. The van der Waals surface area contributed by atoms with Crippen molar-refractivity contribution in [2.75, 3.05) is 6.61 Å². The van der Waals surface area contributed by atoms with Gasteiger partial charge in [0.15, 0.2) is 5.78 Å². The fourth-order valence-electron chi connectivity index (χ4n) is 2.62. The number of aliphatic hydroxyl groups excluding tert-OH is 1. The van der Waals surface area contributed by atoms with Crippen LogP contribution in [-0.2, 0) is 0 Å². The molecule has 0 amide bonds. The maximum Gasteiger partial charge on any atom is 0.213 e. The summed E-state index contributed by atoms with van der Waals surface area (Å²) in [5.41, 5.74) is 1.53. The fourth-order valence-corrected chi connectivity index (χ4v) is 3.36. The van der Waals surface area contributed by atoms with Crippen molar-refractivity contribution in [2.24, 2.45) is 0 Å². The quantitative estimate of drug-likeness (QED) is 0.689. The number of aromatic nitrogens is 3. The van der Waals surface area contributed by atoms with Crippen LogP contribution < -0.4 is 0 Å². The third kappa shape index (κ3) is 3.50. The Labute approximate surface area is 149 Å². The number of hydrogen-bond acceptors (Lipinski definition) is 5. The van der Waals surface area contributed by atoms with Crippen molar-refractivity contribution in [1.82, 2.24) is 14.8 Å². The average molecular weight is 351 g/mol. The second kappa shape index (κ2) is 6.82. The van der Waals surface area contributed by atoms with Gasteiger partial charge >= 0.3 is 0 Å². The van der Waals surface area contributed by atoms with Crippen LogP contribution in [-0.4, -0.2) is 32.3 Å². The van der Waals surface area contributed by atoms with Crippen LogP contribution in [0.5, 0.6) is 0 Å². The van der Waals surface area contributed by atoms with Gasteiger partial charge in [-0.25, -0.2) is 9.67 Å². The van der Waals surface area contributed by atoms with Crippen LogP contribution in [0.1, 0.15) is 34.9 Å². The lowest BCUT2D eigenvalue weighted by Crippen LogP contribution is -2.03. The van der Waals surface area contributed by atoms with Crippen molar-refractivity contribution in [3.63, 3.8) is 0 Å². The van der Waals surface area contributed by atoms with E-state index in [1.54, 1.807) is 12.1 Å². The van der Waals surface area contributed by atoms with Crippen molar-refractivity contribution in [3.05, 3.63) is 66.0 Å². The molecule has 0 bridgehead atoms. The largest absolute Gasteiger partial charge is 0.388 e. The predicted octanol–water partition coefficient (Wildman–Crippen LogP) is 3.47. The predicted molar refractivity (Wildman–Crippen MR) is 95.3 cm³/mol. The minimum atomic E-state index is -0.472. The molecule has 3 aromatic rings. The number of para-hydroxylation sites is 1. The number of carbonyl (C=O) groups excluding carboxylic acids is 1. The molecule has 0 unspecified atom stereocenters. The van der Waals surface area contributed by atoms with E-state index < -0.39 is 6.61 Å². The van der Waals surface area contributed by atoms with Crippen LogP contribution in [0.25, 0.3) is 5.69 Å². The van der Waals surface area contributed by atoms with Crippen LogP contribution in [0.4, 0.5) is 0 Å². The van der Waals surface area contributed by atoms with E-state index in [1.807, 2.05) is 47.1 Å². The molecule has 0 aliphatic heterocycles. The molecule has 1 heterocycles. The number of rotatable bonds is 6. The molecular weight excluding hydrogens is 334 g/mol. The Morgan fingerprint density at radius 2 is 1.84 bits per heavy atom. The third-order valence-corrected chi connectivity index (χ3v) is 4.95. The number of Topliss-reactive ketones (excluding diaryl/α,β-unsaturated/α-hetero) is 1. The molecule has 6 heteroatoms. The van der Waals surface area contributed by atoms with Crippen molar-refractivity contribution < 1.29 is 9.90 Å². The maximum atomic E-state index is 11.5. The number of nitrogens with zero attached hydrogens (tertiary/aromatic N) is 3. The summed E-state index contributed by atoms with van der Waals surface area (Å²) in [6.45, 7) is -0.472. The molecule has 0 radical (unpaired) electrons. The molecule has 0 saturated heterocycles. The number of carbonyl (C=O) groups is 1. The SMILES string of the molecule is O=C(CO)c1ccc(Sc2nc(C3CC3)n(-c3ccccc3)n2)cc1. The Hall–Kier alpha value is -2.44. The summed E-state index contributed by atoms with van der Waals surface area (Å²) >= 11 is 1.47. The molecule has 2 aromatic carbocycles.